The molecule has 0 aliphatic carbocycles. The number of morpholine rings is 1. The third kappa shape index (κ3) is 4.77. The van der Waals surface area contributed by atoms with Crippen LogP contribution in [0.25, 0.3) is 17.1 Å². The predicted octanol–water partition coefficient (Wildman–Crippen LogP) is 3.15. The highest BCUT2D eigenvalue weighted by Gasteiger charge is 2.19. The highest BCUT2D eigenvalue weighted by molar-refractivity contribution is 7.99. The van der Waals surface area contributed by atoms with Crippen LogP contribution in [0.5, 0.6) is 5.75 Å². The number of para-hydroxylation sites is 2. The highest BCUT2D eigenvalue weighted by atomic mass is 32.2. The third-order valence-corrected chi connectivity index (χ3v) is 5.61. The second-order valence-corrected chi connectivity index (χ2v) is 7.65. The number of hydrogen-bond donors (Lipinski definition) is 0. The summed E-state index contributed by atoms with van der Waals surface area (Å²) < 4.78 is 13.4. The summed E-state index contributed by atoms with van der Waals surface area (Å²) in [6.07, 6.45) is 3.57. The van der Waals surface area contributed by atoms with Crippen LogP contribution >= 0.6 is 11.8 Å². The first kappa shape index (κ1) is 19.9. The zero-order valence-corrected chi connectivity index (χ0v) is 17.3. The fraction of sp³-hybridized carbons (Fsp3) is 0.381. The van der Waals surface area contributed by atoms with Gasteiger partial charge in [-0.15, -0.1) is 10.2 Å². The Morgan fingerprint density at radius 1 is 1.10 bits per heavy atom. The van der Waals surface area contributed by atoms with Crippen molar-refractivity contribution in [3.63, 3.8) is 0 Å². The molecule has 2 aromatic heterocycles. The predicted molar refractivity (Wildman–Crippen MR) is 114 cm³/mol. The van der Waals surface area contributed by atoms with Crippen LogP contribution in [-0.2, 0) is 4.74 Å². The molecular formula is C21H25N5O2S. The van der Waals surface area contributed by atoms with Crippen LogP contribution in [0, 0.1) is 0 Å². The molecule has 0 atom stereocenters. The SMILES string of the molecule is CCOc1ccccc1-n1c(SCCN2CCOCC2)nnc1-c1cccnc1. The molecule has 1 aromatic carbocycles. The minimum atomic E-state index is 0.598. The molecule has 0 radical (unpaired) electrons. The summed E-state index contributed by atoms with van der Waals surface area (Å²) in [5.74, 6) is 2.51. The van der Waals surface area contributed by atoms with Crippen molar-refractivity contribution >= 4 is 11.8 Å². The fourth-order valence-electron chi connectivity index (χ4n) is 3.27. The molecule has 0 N–H and O–H groups in total. The molecule has 1 aliphatic heterocycles. The van der Waals surface area contributed by atoms with Crippen LogP contribution in [-0.4, -0.2) is 69.9 Å². The van der Waals surface area contributed by atoms with Gasteiger partial charge in [0.05, 0.1) is 25.5 Å². The Kier molecular flexibility index (Phi) is 6.76. The molecule has 0 amide bonds. The summed E-state index contributed by atoms with van der Waals surface area (Å²) in [5.41, 5.74) is 1.86. The first-order valence-electron chi connectivity index (χ1n) is 9.87. The molecule has 1 aliphatic rings. The van der Waals surface area contributed by atoms with Crippen molar-refractivity contribution in [2.75, 3.05) is 45.2 Å². The maximum atomic E-state index is 5.88. The molecule has 152 valence electrons. The lowest BCUT2D eigenvalue weighted by Gasteiger charge is -2.26. The molecule has 3 heterocycles. The van der Waals surface area contributed by atoms with E-state index in [0.29, 0.717) is 6.61 Å². The van der Waals surface area contributed by atoms with E-state index in [-0.39, 0.29) is 0 Å². The summed E-state index contributed by atoms with van der Waals surface area (Å²) in [5, 5.41) is 9.85. The van der Waals surface area contributed by atoms with E-state index in [2.05, 4.69) is 24.6 Å². The molecule has 0 saturated carbocycles. The zero-order valence-electron chi connectivity index (χ0n) is 16.5. The maximum absolute atomic E-state index is 5.88. The lowest BCUT2D eigenvalue weighted by atomic mass is 10.2. The van der Waals surface area contributed by atoms with Crippen molar-refractivity contribution in [2.24, 2.45) is 0 Å². The third-order valence-electron chi connectivity index (χ3n) is 4.70. The number of pyridine rings is 1. The topological polar surface area (TPSA) is 65.3 Å². The number of aromatic nitrogens is 4. The largest absolute Gasteiger partial charge is 0.492 e. The van der Waals surface area contributed by atoms with Gasteiger partial charge >= 0.3 is 0 Å². The summed E-state index contributed by atoms with van der Waals surface area (Å²) in [6, 6.07) is 11.9. The zero-order chi connectivity index (χ0) is 19.9. The molecule has 1 fully saturated rings. The Bertz CT molecular complexity index is 912. The molecule has 0 spiro atoms. The van der Waals surface area contributed by atoms with E-state index in [9.17, 15) is 0 Å². The van der Waals surface area contributed by atoms with Gasteiger partial charge in [-0.05, 0) is 31.2 Å². The smallest absolute Gasteiger partial charge is 0.196 e. The van der Waals surface area contributed by atoms with Gasteiger partial charge in [-0.3, -0.25) is 14.5 Å². The van der Waals surface area contributed by atoms with Crippen molar-refractivity contribution in [3.05, 3.63) is 48.8 Å². The van der Waals surface area contributed by atoms with Crippen LogP contribution < -0.4 is 4.74 Å². The van der Waals surface area contributed by atoms with Crippen LogP contribution in [0.15, 0.2) is 53.9 Å². The molecule has 29 heavy (non-hydrogen) atoms. The lowest BCUT2D eigenvalue weighted by molar-refractivity contribution is 0.0410. The summed E-state index contributed by atoms with van der Waals surface area (Å²) in [6.45, 7) is 7.18. The van der Waals surface area contributed by atoms with Crippen molar-refractivity contribution in [3.8, 4) is 22.8 Å². The van der Waals surface area contributed by atoms with E-state index in [4.69, 9.17) is 9.47 Å². The van der Waals surface area contributed by atoms with Crippen LogP contribution in [0.2, 0.25) is 0 Å². The summed E-state index contributed by atoms with van der Waals surface area (Å²) in [4.78, 5) is 6.67. The van der Waals surface area contributed by atoms with Gasteiger partial charge in [-0.25, -0.2) is 0 Å². The Balaban J connectivity index is 1.64. The number of benzene rings is 1. The average Bonchev–Trinajstić information content (AvgIpc) is 3.19. The van der Waals surface area contributed by atoms with E-state index in [1.165, 1.54) is 0 Å². The van der Waals surface area contributed by atoms with E-state index < -0.39 is 0 Å². The van der Waals surface area contributed by atoms with Crippen LogP contribution in [0.4, 0.5) is 0 Å². The molecule has 3 aromatic rings. The molecule has 1 saturated heterocycles. The quantitative estimate of drug-likeness (QED) is 0.528. The average molecular weight is 412 g/mol. The molecule has 8 heteroatoms. The van der Waals surface area contributed by atoms with E-state index in [0.717, 1.165) is 66.6 Å². The van der Waals surface area contributed by atoms with Gasteiger partial charge in [0, 0.05) is 43.3 Å². The summed E-state index contributed by atoms with van der Waals surface area (Å²) in [7, 11) is 0. The minimum absolute atomic E-state index is 0.598. The van der Waals surface area contributed by atoms with Gasteiger partial charge in [0.1, 0.15) is 5.75 Å². The minimum Gasteiger partial charge on any atom is -0.492 e. The highest BCUT2D eigenvalue weighted by Crippen LogP contribution is 2.32. The molecule has 7 nitrogen and oxygen atoms in total. The van der Waals surface area contributed by atoms with Crippen molar-refractivity contribution in [1.29, 1.82) is 0 Å². The molecule has 4 rings (SSSR count). The first-order valence-corrected chi connectivity index (χ1v) is 10.9. The van der Waals surface area contributed by atoms with Crippen molar-refractivity contribution in [2.45, 2.75) is 12.1 Å². The van der Waals surface area contributed by atoms with Crippen LogP contribution in [0.1, 0.15) is 6.92 Å². The van der Waals surface area contributed by atoms with Gasteiger partial charge in [0.2, 0.25) is 0 Å². The number of rotatable bonds is 8. The van der Waals surface area contributed by atoms with Gasteiger partial charge in [-0.2, -0.15) is 0 Å². The van der Waals surface area contributed by atoms with E-state index in [1.54, 1.807) is 18.0 Å². The number of ether oxygens (including phenoxy) is 2. The lowest BCUT2D eigenvalue weighted by Crippen LogP contribution is -2.37. The molecule has 0 unspecified atom stereocenters. The standard InChI is InChI=1S/C21H25N5O2S/c1-2-28-19-8-4-3-7-18(19)26-20(17-6-5-9-22-16-17)23-24-21(26)29-15-12-25-10-13-27-14-11-25/h3-9,16H,2,10-15H2,1H3. The van der Waals surface area contributed by atoms with Gasteiger partial charge in [0.15, 0.2) is 11.0 Å². The van der Waals surface area contributed by atoms with E-state index in [1.807, 2.05) is 49.5 Å². The van der Waals surface area contributed by atoms with Crippen molar-refractivity contribution < 1.29 is 9.47 Å². The van der Waals surface area contributed by atoms with Crippen LogP contribution in [0.3, 0.4) is 0 Å². The Hall–Kier alpha value is -2.42. The number of hydrogen-bond acceptors (Lipinski definition) is 7. The summed E-state index contributed by atoms with van der Waals surface area (Å²) >= 11 is 1.71. The first-order chi connectivity index (χ1) is 14.4. The Morgan fingerprint density at radius 3 is 2.76 bits per heavy atom. The monoisotopic (exact) mass is 411 g/mol. The van der Waals surface area contributed by atoms with Gasteiger partial charge < -0.3 is 9.47 Å². The number of nitrogens with zero attached hydrogens (tertiary/aromatic N) is 5. The molecular weight excluding hydrogens is 386 g/mol. The van der Waals surface area contributed by atoms with Gasteiger partial charge in [-0.1, -0.05) is 23.9 Å². The second kappa shape index (κ2) is 9.87. The fourth-order valence-corrected chi connectivity index (χ4v) is 4.22. The maximum Gasteiger partial charge on any atom is 0.196 e. The van der Waals surface area contributed by atoms with E-state index >= 15 is 0 Å². The van der Waals surface area contributed by atoms with Crippen molar-refractivity contribution in [1.82, 2.24) is 24.6 Å². The number of thioether (sulfide) groups is 1. The normalized spacial score (nSPS) is 14.8. The van der Waals surface area contributed by atoms with Gasteiger partial charge in [0.25, 0.3) is 0 Å². The second-order valence-electron chi connectivity index (χ2n) is 6.59. The Labute approximate surface area is 175 Å². The Morgan fingerprint density at radius 2 is 1.97 bits per heavy atom. The molecule has 0 bridgehead atoms.